The summed E-state index contributed by atoms with van der Waals surface area (Å²) in [5, 5.41) is 18.9. The Hall–Kier alpha value is -7.40. The van der Waals surface area contributed by atoms with Crippen LogP contribution < -0.4 is 9.80 Å². The van der Waals surface area contributed by atoms with Crippen molar-refractivity contribution in [2.24, 2.45) is 0 Å². The first-order valence-electron chi connectivity index (χ1n) is 25.0. The molecule has 2 atom stereocenters. The molecule has 2 unspecified atom stereocenters. The second kappa shape index (κ2) is 25.0. The number of nitriles is 2. The van der Waals surface area contributed by atoms with Crippen LogP contribution in [0.5, 0.6) is 0 Å². The first-order chi connectivity index (χ1) is 35.4. The summed E-state index contributed by atoms with van der Waals surface area (Å²) in [6.07, 6.45) is -0.868. The summed E-state index contributed by atoms with van der Waals surface area (Å²) >= 11 is 0. The van der Waals surface area contributed by atoms with Crippen LogP contribution in [0.2, 0.25) is 0 Å². The number of carbonyl (C=O) groups is 4. The van der Waals surface area contributed by atoms with Crippen molar-refractivity contribution in [3.05, 3.63) is 153 Å². The molecule has 2 heterocycles. The van der Waals surface area contributed by atoms with Crippen LogP contribution >= 0.6 is 0 Å². The smallest absolute Gasteiger partial charge is 0.416 e. The Morgan fingerprint density at radius 2 is 0.946 bits per heavy atom. The second-order valence-corrected chi connectivity index (χ2v) is 18.4. The number of hydrogen-bond acceptors (Lipinski definition) is 7. The molecule has 0 N–H and O–H groups in total. The number of Topliss-reactive ketones (excluding diaryl/α,β-unsaturated/α-hetero) is 1. The number of rotatable bonds is 22. The van der Waals surface area contributed by atoms with Gasteiger partial charge in [0.2, 0.25) is 0 Å². The number of allylic oxidation sites excluding steroid dienone is 2. The number of urea groups is 2. The van der Waals surface area contributed by atoms with Crippen LogP contribution in [0.15, 0.2) is 120 Å². The van der Waals surface area contributed by atoms with Gasteiger partial charge in [-0.15, -0.1) is 0 Å². The van der Waals surface area contributed by atoms with Crippen molar-refractivity contribution in [2.45, 2.75) is 129 Å². The van der Waals surface area contributed by atoms with E-state index in [0.29, 0.717) is 53.5 Å². The molecule has 0 radical (unpaired) electrons. The number of halogens is 6. The van der Waals surface area contributed by atoms with E-state index < -0.39 is 53.6 Å². The monoisotopic (exact) mass is 1020 g/mol. The number of benzene rings is 4. The first kappa shape index (κ1) is 55.9. The fraction of sp³-hybridized carbons (Fsp3) is 0.404. The van der Waals surface area contributed by atoms with Crippen molar-refractivity contribution >= 4 is 35.2 Å². The highest BCUT2D eigenvalue weighted by Gasteiger charge is 2.45. The summed E-state index contributed by atoms with van der Waals surface area (Å²) in [5.41, 5.74) is 0.757. The van der Waals surface area contributed by atoms with Gasteiger partial charge in [-0.2, -0.15) is 36.9 Å². The predicted molar refractivity (Wildman–Crippen MR) is 268 cm³/mol. The summed E-state index contributed by atoms with van der Waals surface area (Å²) in [7, 11) is 0. The molecule has 17 heteroatoms. The molecule has 0 saturated carbocycles. The lowest BCUT2D eigenvalue weighted by Gasteiger charge is -2.43. The van der Waals surface area contributed by atoms with Crippen LogP contribution in [0, 0.1) is 22.7 Å². The number of ketones is 1. The van der Waals surface area contributed by atoms with Gasteiger partial charge in [0.1, 0.15) is 0 Å². The molecule has 74 heavy (non-hydrogen) atoms. The van der Waals surface area contributed by atoms with Gasteiger partial charge >= 0.3 is 30.4 Å². The van der Waals surface area contributed by atoms with E-state index in [1.165, 1.54) is 41.0 Å². The lowest BCUT2D eigenvalue weighted by Crippen LogP contribution is -2.51. The topological polar surface area (TPSA) is 138 Å². The van der Waals surface area contributed by atoms with Crippen molar-refractivity contribution < 1.29 is 50.3 Å². The Labute approximate surface area is 428 Å². The number of amides is 4. The Balaban J connectivity index is 1.08. The number of esters is 1. The van der Waals surface area contributed by atoms with Crippen LogP contribution in [0.1, 0.15) is 150 Å². The SMILES string of the molecule is CCCC(=O)C1=C(C)N(c2cccc(C(F)(F)F)c2)C(=O)N(CCCCCCCCCCCCN2C(=O)N(c3cccc(C(F)(F)F)c3)C(C)=C(C(=O)OCC)C2c2ccc(C#N)cc2)C1c1ccc(C#N)cc1. The van der Waals surface area contributed by atoms with Gasteiger partial charge in [0.25, 0.3) is 0 Å². The Kier molecular flexibility index (Phi) is 18.9. The van der Waals surface area contributed by atoms with E-state index >= 15 is 0 Å². The Morgan fingerprint density at radius 1 is 0.568 bits per heavy atom. The Morgan fingerprint density at radius 3 is 1.31 bits per heavy atom. The highest BCUT2D eigenvalue weighted by molar-refractivity contribution is 6.06. The maximum absolute atomic E-state index is 14.5. The number of nitrogens with zero attached hydrogens (tertiary/aromatic N) is 6. The lowest BCUT2D eigenvalue weighted by molar-refractivity contribution is -0.140. The Bertz CT molecular complexity index is 2620. The molecule has 4 amide bonds. The molecule has 0 saturated heterocycles. The standard InChI is InChI=1S/C57H60F6N6O5/c1-5-19-48(70)49-38(3)68(46-22-17-20-44(34-46)56(58,59)60)54(72)66(51(49)42-28-24-40(36-64)25-29-42)32-15-13-11-9-7-8-10-12-14-16-33-67-52(43-30-26-41(37-65)27-31-43)50(53(71)74-6-2)39(4)69(55(67)73)47-23-18-21-45(35-47)57(61,62)63/h17-18,20-31,34-35,51-52H,5-16,19,32-33H2,1-4H3. The largest absolute Gasteiger partial charge is 0.463 e. The van der Waals surface area contributed by atoms with Crippen molar-refractivity contribution in [1.29, 1.82) is 10.5 Å². The summed E-state index contributed by atoms with van der Waals surface area (Å²) in [5.74, 6) is -0.945. The zero-order valence-corrected chi connectivity index (χ0v) is 42.0. The minimum Gasteiger partial charge on any atom is -0.463 e. The van der Waals surface area contributed by atoms with Crippen LogP contribution in [0.3, 0.4) is 0 Å². The number of ether oxygens (including phenoxy) is 1. The normalized spacial score (nSPS) is 16.4. The summed E-state index contributed by atoms with van der Waals surface area (Å²) in [4.78, 5) is 62.0. The van der Waals surface area contributed by atoms with Gasteiger partial charge in [-0.3, -0.25) is 14.6 Å². The van der Waals surface area contributed by atoms with Gasteiger partial charge in [0, 0.05) is 36.5 Å². The third kappa shape index (κ3) is 13.0. The van der Waals surface area contributed by atoms with E-state index in [1.807, 2.05) is 6.92 Å². The molecule has 390 valence electrons. The van der Waals surface area contributed by atoms with Gasteiger partial charge in [-0.1, -0.05) is 94.7 Å². The van der Waals surface area contributed by atoms with Crippen LogP contribution in [-0.4, -0.2) is 53.3 Å². The number of carbonyl (C=O) groups excluding carboxylic acids is 4. The molecule has 11 nitrogen and oxygen atoms in total. The average molecular weight is 1020 g/mol. The minimum atomic E-state index is -4.68. The quantitative estimate of drug-likeness (QED) is 0.0434. The summed E-state index contributed by atoms with van der Waals surface area (Å²) in [6, 6.07) is 23.2. The maximum Gasteiger partial charge on any atom is 0.416 e. The zero-order chi connectivity index (χ0) is 53.7. The van der Waals surface area contributed by atoms with Crippen LogP contribution in [-0.2, 0) is 26.7 Å². The molecule has 4 aromatic carbocycles. The van der Waals surface area contributed by atoms with E-state index in [4.69, 9.17) is 4.74 Å². The van der Waals surface area contributed by atoms with Gasteiger partial charge in [0.05, 0.1) is 70.0 Å². The zero-order valence-electron chi connectivity index (χ0n) is 42.0. The maximum atomic E-state index is 14.5. The highest BCUT2D eigenvalue weighted by atomic mass is 19.4. The fourth-order valence-electron chi connectivity index (χ4n) is 9.75. The number of alkyl halides is 6. The van der Waals surface area contributed by atoms with E-state index in [1.54, 1.807) is 67.3 Å². The van der Waals surface area contributed by atoms with E-state index in [0.717, 1.165) is 74.1 Å². The summed E-state index contributed by atoms with van der Waals surface area (Å²) in [6.45, 7) is 6.98. The van der Waals surface area contributed by atoms with E-state index in [9.17, 15) is 56.0 Å². The number of unbranched alkanes of at least 4 members (excludes halogenated alkanes) is 9. The van der Waals surface area contributed by atoms with Gasteiger partial charge in [0.15, 0.2) is 5.78 Å². The van der Waals surface area contributed by atoms with E-state index in [-0.39, 0.29) is 60.2 Å². The summed E-state index contributed by atoms with van der Waals surface area (Å²) < 4.78 is 88.7. The predicted octanol–water partition coefficient (Wildman–Crippen LogP) is 14.5. The third-order valence-corrected chi connectivity index (χ3v) is 13.4. The molecule has 0 aromatic heterocycles. The van der Waals surface area contributed by atoms with Crippen molar-refractivity contribution in [3.63, 3.8) is 0 Å². The average Bonchev–Trinajstić information content (AvgIpc) is 3.37. The molecule has 0 bridgehead atoms. The number of anilines is 2. The number of hydrogen-bond donors (Lipinski definition) is 0. The third-order valence-electron chi connectivity index (χ3n) is 13.4. The van der Waals surface area contributed by atoms with Gasteiger partial charge in [-0.25, -0.2) is 14.4 Å². The molecular weight excluding hydrogens is 963 g/mol. The van der Waals surface area contributed by atoms with Gasteiger partial charge in [-0.05, 0) is 112 Å². The van der Waals surface area contributed by atoms with Crippen molar-refractivity contribution in [2.75, 3.05) is 29.5 Å². The van der Waals surface area contributed by atoms with Crippen LogP contribution in [0.4, 0.5) is 47.3 Å². The molecule has 0 aliphatic carbocycles. The van der Waals surface area contributed by atoms with Crippen LogP contribution in [0.25, 0.3) is 0 Å². The molecular formula is C57H60F6N6O5. The molecule has 6 rings (SSSR count). The molecule has 4 aromatic rings. The van der Waals surface area contributed by atoms with Crippen molar-refractivity contribution in [3.8, 4) is 12.1 Å². The second-order valence-electron chi connectivity index (χ2n) is 18.4. The lowest BCUT2D eigenvalue weighted by atomic mass is 9.88. The molecule has 2 aliphatic heterocycles. The first-order valence-corrected chi connectivity index (χ1v) is 25.0. The highest BCUT2D eigenvalue weighted by Crippen LogP contribution is 2.44. The van der Waals surface area contributed by atoms with E-state index in [2.05, 4.69) is 12.1 Å². The molecule has 2 aliphatic rings. The molecule has 0 fully saturated rings. The molecule has 0 spiro atoms. The van der Waals surface area contributed by atoms with Crippen molar-refractivity contribution in [1.82, 2.24) is 9.80 Å². The van der Waals surface area contributed by atoms with Gasteiger partial charge < -0.3 is 14.5 Å². The minimum absolute atomic E-state index is 0.00395. The fourth-order valence-corrected chi connectivity index (χ4v) is 9.75.